The quantitative estimate of drug-likeness (QED) is 0.749. The Balaban J connectivity index is 1.29. The summed E-state index contributed by atoms with van der Waals surface area (Å²) in [6.07, 6.45) is 5.60. The molecule has 2 aliphatic rings. The van der Waals surface area contributed by atoms with E-state index in [1.54, 1.807) is 17.1 Å². The van der Waals surface area contributed by atoms with Gasteiger partial charge in [-0.3, -0.25) is 19.2 Å². The third-order valence-corrected chi connectivity index (χ3v) is 6.02. The summed E-state index contributed by atoms with van der Waals surface area (Å²) in [5.41, 5.74) is 1.55. The van der Waals surface area contributed by atoms with Crippen LogP contribution in [0.4, 0.5) is 0 Å². The van der Waals surface area contributed by atoms with Gasteiger partial charge in [-0.25, -0.2) is 0 Å². The van der Waals surface area contributed by atoms with Crippen LogP contribution in [0, 0.1) is 0 Å². The van der Waals surface area contributed by atoms with Gasteiger partial charge < -0.3 is 9.80 Å². The lowest BCUT2D eigenvalue weighted by Crippen LogP contribution is -2.51. The summed E-state index contributed by atoms with van der Waals surface area (Å²) in [4.78, 5) is 31.1. The molecule has 2 aromatic rings. The summed E-state index contributed by atoms with van der Waals surface area (Å²) in [6.45, 7) is 5.45. The molecule has 3 heterocycles. The standard InChI is InChI=1S/C21H26ClN5O2/c22-19-6-2-1-5-17(19)14-27-15-18(13-23-27)21(29)26-11-9-24(10-12-26)16-20(28)25-7-3-4-8-25/h1-2,5-6,13,15H,3-4,7-12,14,16H2. The molecule has 7 nitrogen and oxygen atoms in total. The number of piperazine rings is 1. The Morgan fingerprint density at radius 2 is 1.69 bits per heavy atom. The molecule has 154 valence electrons. The predicted octanol–water partition coefficient (Wildman–Crippen LogP) is 1.96. The van der Waals surface area contributed by atoms with Crippen molar-refractivity contribution in [2.45, 2.75) is 19.4 Å². The molecule has 2 aliphatic heterocycles. The first kappa shape index (κ1) is 19.9. The maximum atomic E-state index is 12.8. The highest BCUT2D eigenvalue weighted by atomic mass is 35.5. The monoisotopic (exact) mass is 415 g/mol. The minimum absolute atomic E-state index is 0.0130. The smallest absolute Gasteiger partial charge is 0.257 e. The summed E-state index contributed by atoms with van der Waals surface area (Å²) in [5, 5.41) is 5.01. The summed E-state index contributed by atoms with van der Waals surface area (Å²) in [7, 11) is 0. The fraction of sp³-hybridized carbons (Fsp3) is 0.476. The van der Waals surface area contributed by atoms with E-state index in [1.165, 1.54) is 0 Å². The molecular formula is C21H26ClN5O2. The van der Waals surface area contributed by atoms with Crippen molar-refractivity contribution in [3.8, 4) is 0 Å². The molecule has 8 heteroatoms. The second kappa shape index (κ2) is 8.97. The van der Waals surface area contributed by atoms with E-state index in [2.05, 4.69) is 10.00 Å². The third-order valence-electron chi connectivity index (χ3n) is 5.65. The topological polar surface area (TPSA) is 61.7 Å². The number of carbonyl (C=O) groups is 2. The highest BCUT2D eigenvalue weighted by Crippen LogP contribution is 2.17. The van der Waals surface area contributed by atoms with Gasteiger partial charge in [-0.15, -0.1) is 0 Å². The first-order valence-corrected chi connectivity index (χ1v) is 10.5. The molecule has 2 fully saturated rings. The average molecular weight is 416 g/mol. The number of aromatic nitrogens is 2. The van der Waals surface area contributed by atoms with Crippen molar-refractivity contribution in [2.75, 3.05) is 45.8 Å². The molecule has 1 aromatic carbocycles. The van der Waals surface area contributed by atoms with Gasteiger partial charge in [-0.2, -0.15) is 5.10 Å². The Morgan fingerprint density at radius 3 is 2.41 bits per heavy atom. The Kier molecular flexibility index (Phi) is 6.16. The van der Waals surface area contributed by atoms with Gasteiger partial charge >= 0.3 is 0 Å². The first-order chi connectivity index (χ1) is 14.1. The maximum absolute atomic E-state index is 12.8. The number of hydrogen-bond donors (Lipinski definition) is 0. The van der Waals surface area contributed by atoms with Crippen LogP contribution in [-0.4, -0.2) is 82.1 Å². The molecule has 0 saturated carbocycles. The Hall–Kier alpha value is -2.38. The van der Waals surface area contributed by atoms with Gasteiger partial charge in [-0.1, -0.05) is 29.8 Å². The lowest BCUT2D eigenvalue weighted by Gasteiger charge is -2.34. The molecule has 0 spiro atoms. The van der Waals surface area contributed by atoms with Crippen molar-refractivity contribution >= 4 is 23.4 Å². The van der Waals surface area contributed by atoms with Crippen molar-refractivity contribution in [3.05, 3.63) is 52.8 Å². The van der Waals surface area contributed by atoms with E-state index in [4.69, 9.17) is 11.6 Å². The largest absolute Gasteiger partial charge is 0.342 e. The van der Waals surface area contributed by atoms with Gasteiger partial charge in [0.15, 0.2) is 0 Å². The van der Waals surface area contributed by atoms with E-state index in [0.29, 0.717) is 36.8 Å². The zero-order chi connectivity index (χ0) is 20.2. The fourth-order valence-electron chi connectivity index (χ4n) is 3.91. The van der Waals surface area contributed by atoms with Crippen LogP contribution in [0.25, 0.3) is 0 Å². The number of likely N-dealkylation sites (tertiary alicyclic amines) is 1. The van der Waals surface area contributed by atoms with Crippen LogP contribution in [0.2, 0.25) is 5.02 Å². The van der Waals surface area contributed by atoms with Crippen molar-refractivity contribution in [1.82, 2.24) is 24.5 Å². The maximum Gasteiger partial charge on any atom is 0.257 e. The SMILES string of the molecule is O=C(CN1CCN(C(=O)c2cnn(Cc3ccccc3Cl)c2)CC1)N1CCCC1. The minimum atomic E-state index is -0.0130. The van der Waals surface area contributed by atoms with Crippen molar-refractivity contribution < 1.29 is 9.59 Å². The summed E-state index contributed by atoms with van der Waals surface area (Å²) < 4.78 is 1.74. The zero-order valence-electron chi connectivity index (χ0n) is 16.5. The number of rotatable bonds is 5. The summed E-state index contributed by atoms with van der Waals surface area (Å²) >= 11 is 6.21. The van der Waals surface area contributed by atoms with E-state index >= 15 is 0 Å². The van der Waals surface area contributed by atoms with Crippen LogP contribution in [-0.2, 0) is 11.3 Å². The molecule has 0 radical (unpaired) electrons. The van der Waals surface area contributed by atoms with Crippen LogP contribution in [0.5, 0.6) is 0 Å². The average Bonchev–Trinajstić information content (AvgIpc) is 3.42. The van der Waals surface area contributed by atoms with Crippen molar-refractivity contribution in [3.63, 3.8) is 0 Å². The van der Waals surface area contributed by atoms with Gasteiger partial charge in [0.25, 0.3) is 5.91 Å². The van der Waals surface area contributed by atoms with Crippen molar-refractivity contribution in [1.29, 1.82) is 0 Å². The summed E-state index contributed by atoms with van der Waals surface area (Å²) in [5.74, 6) is 0.198. The van der Waals surface area contributed by atoms with Crippen LogP contribution in [0.15, 0.2) is 36.7 Å². The van der Waals surface area contributed by atoms with Crippen LogP contribution < -0.4 is 0 Å². The predicted molar refractivity (Wildman–Crippen MR) is 111 cm³/mol. The zero-order valence-corrected chi connectivity index (χ0v) is 17.2. The number of hydrogen-bond acceptors (Lipinski definition) is 4. The molecular weight excluding hydrogens is 390 g/mol. The molecule has 0 atom stereocenters. The highest BCUT2D eigenvalue weighted by Gasteiger charge is 2.26. The van der Waals surface area contributed by atoms with Gasteiger partial charge in [0.2, 0.25) is 5.91 Å². The Bertz CT molecular complexity index is 869. The van der Waals surface area contributed by atoms with E-state index in [-0.39, 0.29) is 11.8 Å². The van der Waals surface area contributed by atoms with Gasteiger partial charge in [0.1, 0.15) is 0 Å². The number of nitrogens with zero attached hydrogens (tertiary/aromatic N) is 5. The molecule has 2 amide bonds. The minimum Gasteiger partial charge on any atom is -0.342 e. The van der Waals surface area contributed by atoms with Crippen molar-refractivity contribution in [2.24, 2.45) is 0 Å². The highest BCUT2D eigenvalue weighted by molar-refractivity contribution is 6.31. The number of benzene rings is 1. The van der Waals surface area contributed by atoms with Crippen LogP contribution in [0.1, 0.15) is 28.8 Å². The van der Waals surface area contributed by atoms with E-state index < -0.39 is 0 Å². The van der Waals surface area contributed by atoms with E-state index in [1.807, 2.05) is 34.1 Å². The molecule has 1 aromatic heterocycles. The summed E-state index contributed by atoms with van der Waals surface area (Å²) in [6, 6.07) is 7.63. The molecule has 0 unspecified atom stereocenters. The molecule has 2 saturated heterocycles. The number of halogens is 1. The van der Waals surface area contributed by atoms with E-state index in [9.17, 15) is 9.59 Å². The van der Waals surface area contributed by atoms with Crippen LogP contribution >= 0.6 is 11.6 Å². The van der Waals surface area contributed by atoms with Gasteiger partial charge in [0.05, 0.1) is 24.8 Å². The fourth-order valence-corrected chi connectivity index (χ4v) is 4.11. The molecule has 0 bridgehead atoms. The van der Waals surface area contributed by atoms with Gasteiger partial charge in [-0.05, 0) is 24.5 Å². The van der Waals surface area contributed by atoms with Gasteiger partial charge in [0, 0.05) is 50.5 Å². The third kappa shape index (κ3) is 4.79. The number of amides is 2. The lowest BCUT2D eigenvalue weighted by molar-refractivity contribution is -0.131. The molecule has 29 heavy (non-hydrogen) atoms. The second-order valence-electron chi connectivity index (χ2n) is 7.67. The Morgan fingerprint density at radius 1 is 0.966 bits per heavy atom. The van der Waals surface area contributed by atoms with Crippen LogP contribution in [0.3, 0.4) is 0 Å². The Labute approximate surface area is 175 Å². The second-order valence-corrected chi connectivity index (χ2v) is 8.08. The first-order valence-electron chi connectivity index (χ1n) is 10.2. The molecule has 0 N–H and O–H groups in total. The molecule has 0 aliphatic carbocycles. The normalized spacial score (nSPS) is 17.7. The molecule has 4 rings (SSSR count). The van der Waals surface area contributed by atoms with E-state index in [0.717, 1.165) is 44.6 Å². The number of carbonyl (C=O) groups excluding carboxylic acids is 2. The lowest BCUT2D eigenvalue weighted by atomic mass is 10.2.